The molecular weight excluding hydrogens is 269 g/mol. The van der Waals surface area contributed by atoms with Gasteiger partial charge in [0.2, 0.25) is 12.2 Å². The molecule has 1 aliphatic carbocycles. The minimum atomic E-state index is -4.62. The lowest BCUT2D eigenvalue weighted by atomic mass is 10.1. The molecule has 1 fully saturated rings. The molecule has 0 bridgehead atoms. The van der Waals surface area contributed by atoms with Crippen LogP contribution in [0.4, 0.5) is 22.0 Å². The molecule has 0 spiro atoms. The second kappa shape index (κ2) is 3.88. The van der Waals surface area contributed by atoms with Gasteiger partial charge in [-0.15, -0.1) is 0 Å². The topological polar surface area (TPSA) is 30.2 Å². The largest absolute Gasteiger partial charge is 0.451 e. The summed E-state index contributed by atoms with van der Waals surface area (Å²) in [5.41, 5.74) is 0.589. The normalized spacial score (nSPS) is 23.3. The van der Waals surface area contributed by atoms with E-state index in [0.717, 1.165) is 6.20 Å². The molecule has 1 saturated carbocycles. The number of nitrogens with zero attached hydrogens (tertiary/aromatic N) is 3. The molecule has 0 N–H and O–H groups in total. The molecule has 2 aromatic heterocycles. The van der Waals surface area contributed by atoms with Crippen LogP contribution in [0.15, 0.2) is 18.5 Å². The number of fused-ring (bicyclic) bond motifs is 1. The van der Waals surface area contributed by atoms with Crippen molar-refractivity contribution in [3.8, 4) is 0 Å². The summed E-state index contributed by atoms with van der Waals surface area (Å²) in [4.78, 5) is 3.30. The van der Waals surface area contributed by atoms with E-state index in [1.165, 1.54) is 12.3 Å². The minimum absolute atomic E-state index is 0.142. The Kier molecular flexibility index (Phi) is 2.51. The summed E-state index contributed by atoms with van der Waals surface area (Å²) >= 11 is 0. The van der Waals surface area contributed by atoms with Crippen molar-refractivity contribution in [1.29, 1.82) is 0 Å². The Morgan fingerprint density at radius 3 is 2.63 bits per heavy atom. The maximum atomic E-state index is 12.7. The van der Waals surface area contributed by atoms with Gasteiger partial charge >= 0.3 is 6.18 Å². The lowest BCUT2D eigenvalue weighted by Crippen LogP contribution is -2.12. The standard InChI is InChI=1S/C11H8F5N3/c12-9(13)7-3-6(7)5-1-2-18-19-8(5)4-17-10(19)11(14,15)16/h1-2,4,6-7,9H,3H2/t6-,7+/m1/s1. The highest BCUT2D eigenvalue weighted by Crippen LogP contribution is 2.52. The second-order valence-corrected chi connectivity index (χ2v) is 4.50. The number of imidazole rings is 1. The van der Waals surface area contributed by atoms with Gasteiger partial charge in [0.25, 0.3) is 0 Å². The number of hydrogen-bond acceptors (Lipinski definition) is 2. The number of aromatic nitrogens is 3. The molecule has 2 aromatic rings. The van der Waals surface area contributed by atoms with Gasteiger partial charge in [0.1, 0.15) is 0 Å². The molecule has 0 amide bonds. The summed E-state index contributed by atoms with van der Waals surface area (Å²) in [6.07, 6.45) is -4.58. The first kappa shape index (κ1) is 12.3. The predicted molar refractivity (Wildman–Crippen MR) is 54.8 cm³/mol. The third kappa shape index (κ3) is 1.95. The Labute approximate surface area is 104 Å². The summed E-state index contributed by atoms with van der Waals surface area (Å²) in [6, 6.07) is 1.48. The predicted octanol–water partition coefficient (Wildman–Crippen LogP) is 3.12. The van der Waals surface area contributed by atoms with Crippen molar-refractivity contribution in [2.45, 2.75) is 24.9 Å². The Balaban J connectivity index is 2.07. The molecule has 0 saturated heterocycles. The molecule has 0 aromatic carbocycles. The van der Waals surface area contributed by atoms with Crippen LogP contribution in [-0.4, -0.2) is 21.0 Å². The van der Waals surface area contributed by atoms with Crippen LogP contribution < -0.4 is 0 Å². The zero-order valence-electron chi connectivity index (χ0n) is 9.40. The molecular formula is C11H8F5N3. The summed E-state index contributed by atoms with van der Waals surface area (Å²) in [7, 11) is 0. The van der Waals surface area contributed by atoms with Crippen molar-refractivity contribution in [3.63, 3.8) is 0 Å². The molecule has 3 nitrogen and oxygen atoms in total. The fraction of sp³-hybridized carbons (Fsp3) is 0.455. The van der Waals surface area contributed by atoms with Gasteiger partial charge in [0.15, 0.2) is 0 Å². The Hall–Kier alpha value is -1.73. The molecule has 0 radical (unpaired) electrons. The molecule has 0 unspecified atom stereocenters. The summed E-state index contributed by atoms with van der Waals surface area (Å²) in [5, 5.41) is 3.60. The lowest BCUT2D eigenvalue weighted by Gasteiger charge is -2.06. The highest BCUT2D eigenvalue weighted by Gasteiger charge is 2.46. The Morgan fingerprint density at radius 1 is 1.32 bits per heavy atom. The van der Waals surface area contributed by atoms with Gasteiger partial charge in [-0.3, -0.25) is 0 Å². The number of hydrogen-bond donors (Lipinski definition) is 0. The molecule has 102 valence electrons. The molecule has 2 heterocycles. The van der Waals surface area contributed by atoms with Gasteiger partial charge < -0.3 is 0 Å². The van der Waals surface area contributed by atoms with Gasteiger partial charge in [0.05, 0.1) is 11.7 Å². The van der Waals surface area contributed by atoms with Crippen molar-refractivity contribution in [2.24, 2.45) is 5.92 Å². The van der Waals surface area contributed by atoms with Crippen molar-refractivity contribution in [2.75, 3.05) is 0 Å². The zero-order valence-corrected chi connectivity index (χ0v) is 9.40. The van der Waals surface area contributed by atoms with E-state index in [4.69, 9.17) is 0 Å². The first-order valence-electron chi connectivity index (χ1n) is 5.57. The van der Waals surface area contributed by atoms with Crippen molar-refractivity contribution >= 4 is 5.52 Å². The van der Waals surface area contributed by atoms with Gasteiger partial charge in [-0.2, -0.15) is 18.3 Å². The Morgan fingerprint density at radius 2 is 2.05 bits per heavy atom. The molecule has 3 rings (SSSR count). The average Bonchev–Trinajstić information content (AvgIpc) is 2.98. The van der Waals surface area contributed by atoms with E-state index in [1.807, 2.05) is 0 Å². The smallest absolute Gasteiger partial charge is 0.231 e. The zero-order chi connectivity index (χ0) is 13.8. The van der Waals surface area contributed by atoms with Gasteiger partial charge in [0, 0.05) is 12.1 Å². The van der Waals surface area contributed by atoms with Gasteiger partial charge in [-0.25, -0.2) is 18.3 Å². The van der Waals surface area contributed by atoms with E-state index < -0.39 is 30.3 Å². The van der Waals surface area contributed by atoms with E-state index >= 15 is 0 Å². The summed E-state index contributed by atoms with van der Waals surface area (Å²) in [6.45, 7) is 0. The first-order chi connectivity index (χ1) is 8.89. The van der Waals surface area contributed by atoms with E-state index in [2.05, 4.69) is 10.1 Å². The van der Waals surface area contributed by atoms with E-state index in [9.17, 15) is 22.0 Å². The second-order valence-electron chi connectivity index (χ2n) is 4.50. The summed E-state index contributed by atoms with van der Waals surface area (Å²) < 4.78 is 63.7. The fourth-order valence-electron chi connectivity index (χ4n) is 2.28. The van der Waals surface area contributed by atoms with Crippen molar-refractivity contribution in [3.05, 3.63) is 29.8 Å². The SMILES string of the molecule is FC(F)[C@H]1C[C@@H]1c1ccnn2c(C(F)(F)F)ncc12. The molecule has 8 heteroatoms. The highest BCUT2D eigenvalue weighted by atomic mass is 19.4. The van der Waals surface area contributed by atoms with Gasteiger partial charge in [-0.05, 0) is 24.0 Å². The van der Waals surface area contributed by atoms with Gasteiger partial charge in [-0.1, -0.05) is 0 Å². The monoisotopic (exact) mass is 277 g/mol. The van der Waals surface area contributed by atoms with Crippen LogP contribution in [-0.2, 0) is 6.18 Å². The summed E-state index contributed by atoms with van der Waals surface area (Å²) in [5.74, 6) is -2.34. The van der Waals surface area contributed by atoms with Crippen LogP contribution in [0.3, 0.4) is 0 Å². The van der Waals surface area contributed by atoms with Crippen LogP contribution >= 0.6 is 0 Å². The molecule has 0 aliphatic heterocycles. The quantitative estimate of drug-likeness (QED) is 0.789. The number of alkyl halides is 5. The van der Waals surface area contributed by atoms with E-state index in [0.29, 0.717) is 10.1 Å². The number of halogens is 5. The lowest BCUT2D eigenvalue weighted by molar-refractivity contribution is -0.146. The fourth-order valence-corrected chi connectivity index (χ4v) is 2.28. The maximum absolute atomic E-state index is 12.7. The molecule has 19 heavy (non-hydrogen) atoms. The first-order valence-corrected chi connectivity index (χ1v) is 5.57. The maximum Gasteiger partial charge on any atom is 0.451 e. The van der Waals surface area contributed by atoms with Crippen LogP contribution in [0.25, 0.3) is 5.52 Å². The van der Waals surface area contributed by atoms with E-state index in [1.54, 1.807) is 0 Å². The van der Waals surface area contributed by atoms with E-state index in [-0.39, 0.29) is 11.9 Å². The third-order valence-electron chi connectivity index (χ3n) is 3.29. The highest BCUT2D eigenvalue weighted by molar-refractivity contribution is 5.56. The Bertz CT molecular complexity index is 618. The van der Waals surface area contributed by atoms with Crippen LogP contribution in [0, 0.1) is 5.92 Å². The van der Waals surface area contributed by atoms with Crippen LogP contribution in [0.5, 0.6) is 0 Å². The molecule has 1 aliphatic rings. The van der Waals surface area contributed by atoms with Crippen LogP contribution in [0.1, 0.15) is 23.7 Å². The van der Waals surface area contributed by atoms with Crippen molar-refractivity contribution < 1.29 is 22.0 Å². The van der Waals surface area contributed by atoms with Crippen LogP contribution in [0.2, 0.25) is 0 Å². The van der Waals surface area contributed by atoms with Crippen molar-refractivity contribution in [1.82, 2.24) is 14.6 Å². The molecule has 2 atom stereocenters. The minimum Gasteiger partial charge on any atom is -0.231 e. The number of rotatable bonds is 2. The average molecular weight is 277 g/mol. The third-order valence-corrected chi connectivity index (χ3v) is 3.29.